The number of benzene rings is 1. The van der Waals surface area contributed by atoms with Gasteiger partial charge in [0.15, 0.2) is 23.2 Å². The summed E-state index contributed by atoms with van der Waals surface area (Å²) in [6.45, 7) is 0.877. The van der Waals surface area contributed by atoms with Crippen molar-refractivity contribution in [2.75, 3.05) is 30.7 Å². The highest BCUT2D eigenvalue weighted by atomic mass is 32.1. The fourth-order valence-corrected chi connectivity index (χ4v) is 5.48. The van der Waals surface area contributed by atoms with Gasteiger partial charge in [0.05, 0.1) is 17.9 Å². The number of aliphatic hydroxyl groups excluding tert-OH is 3. The van der Waals surface area contributed by atoms with Crippen molar-refractivity contribution in [2.45, 2.75) is 50.2 Å². The van der Waals surface area contributed by atoms with Crippen molar-refractivity contribution in [1.82, 2.24) is 24.8 Å². The van der Waals surface area contributed by atoms with Crippen molar-refractivity contribution in [3.63, 3.8) is 0 Å². The Labute approximate surface area is 234 Å². The fraction of sp³-hybridized carbons (Fsp3) is 0.407. The van der Waals surface area contributed by atoms with Crippen LogP contribution in [0.1, 0.15) is 42.3 Å². The van der Waals surface area contributed by atoms with Gasteiger partial charge in [0.2, 0.25) is 0 Å². The van der Waals surface area contributed by atoms with E-state index in [0.29, 0.717) is 35.6 Å². The molecule has 212 valence electrons. The number of ether oxygens (including phenoxy) is 1. The second-order valence-corrected chi connectivity index (χ2v) is 10.8. The third kappa shape index (κ3) is 6.08. The minimum atomic E-state index is -1.22. The molecule has 1 saturated heterocycles. The molecule has 0 spiro atoms. The second-order valence-electron chi connectivity index (χ2n) is 9.65. The van der Waals surface area contributed by atoms with Crippen LogP contribution in [0.4, 0.5) is 10.8 Å². The topological polar surface area (TPSA) is 181 Å². The highest BCUT2D eigenvalue weighted by molar-refractivity contribution is 7.19. The number of amides is 1. The Kier molecular flexibility index (Phi) is 8.87. The molecule has 0 radical (unpaired) electrons. The minimum absolute atomic E-state index is 0.0860. The molecule has 0 aliphatic carbocycles. The monoisotopic (exact) mass is 567 g/mol. The van der Waals surface area contributed by atoms with Crippen molar-refractivity contribution < 1.29 is 24.9 Å². The number of rotatable bonds is 12. The summed E-state index contributed by atoms with van der Waals surface area (Å²) in [5.74, 6) is 0.479. The highest BCUT2D eigenvalue weighted by Crippen LogP contribution is 2.32. The fourth-order valence-electron chi connectivity index (χ4n) is 4.71. The van der Waals surface area contributed by atoms with Gasteiger partial charge in [-0.3, -0.25) is 9.36 Å². The first-order chi connectivity index (χ1) is 19.5. The van der Waals surface area contributed by atoms with Crippen molar-refractivity contribution >= 4 is 39.2 Å². The maximum Gasteiger partial charge on any atom is 0.251 e. The van der Waals surface area contributed by atoms with Gasteiger partial charge < -0.3 is 36.4 Å². The highest BCUT2D eigenvalue weighted by Gasteiger charge is 2.44. The molecule has 5 rings (SSSR count). The summed E-state index contributed by atoms with van der Waals surface area (Å²) in [7, 11) is 0. The van der Waals surface area contributed by atoms with Crippen LogP contribution in [0.2, 0.25) is 0 Å². The molecule has 1 amide bonds. The molecule has 13 heteroatoms. The Morgan fingerprint density at radius 2 is 1.88 bits per heavy atom. The van der Waals surface area contributed by atoms with Gasteiger partial charge in [-0.15, -0.1) is 11.3 Å². The normalized spacial score (nSPS) is 20.7. The zero-order valence-electron chi connectivity index (χ0n) is 21.8. The second kappa shape index (κ2) is 12.7. The molecule has 40 heavy (non-hydrogen) atoms. The van der Waals surface area contributed by atoms with Gasteiger partial charge in [0.25, 0.3) is 5.91 Å². The summed E-state index contributed by atoms with van der Waals surface area (Å²) in [5.41, 5.74) is 8.41. The molecule has 0 saturated carbocycles. The first-order valence-corrected chi connectivity index (χ1v) is 14.1. The van der Waals surface area contributed by atoms with E-state index in [1.165, 1.54) is 28.6 Å². The number of thiophene rings is 1. The van der Waals surface area contributed by atoms with Gasteiger partial charge in [-0.05, 0) is 42.7 Å². The molecule has 12 nitrogen and oxygen atoms in total. The molecule has 1 fully saturated rings. The lowest BCUT2D eigenvalue weighted by molar-refractivity contribution is -0.0511. The lowest BCUT2D eigenvalue weighted by Crippen LogP contribution is -2.33. The van der Waals surface area contributed by atoms with Crippen molar-refractivity contribution in [2.24, 2.45) is 0 Å². The molecule has 1 aliphatic rings. The van der Waals surface area contributed by atoms with Gasteiger partial charge in [-0.1, -0.05) is 25.0 Å². The van der Waals surface area contributed by atoms with E-state index in [1.807, 2.05) is 36.4 Å². The average Bonchev–Trinajstić information content (AvgIpc) is 3.68. The number of anilines is 2. The smallest absolute Gasteiger partial charge is 0.251 e. The maximum absolute atomic E-state index is 12.6. The van der Waals surface area contributed by atoms with Crippen LogP contribution in [0.15, 0.2) is 49.1 Å². The molecular weight excluding hydrogens is 534 g/mol. The van der Waals surface area contributed by atoms with Crippen LogP contribution in [-0.2, 0) is 4.74 Å². The van der Waals surface area contributed by atoms with E-state index in [1.54, 1.807) is 0 Å². The Balaban J connectivity index is 1.04. The Morgan fingerprint density at radius 1 is 1.05 bits per heavy atom. The van der Waals surface area contributed by atoms with Crippen molar-refractivity contribution in [3.05, 3.63) is 54.6 Å². The van der Waals surface area contributed by atoms with Crippen LogP contribution in [0.25, 0.3) is 21.6 Å². The average molecular weight is 568 g/mol. The molecular formula is C27H33N7O5S. The predicted molar refractivity (Wildman–Crippen MR) is 152 cm³/mol. The largest absolute Gasteiger partial charge is 0.394 e. The summed E-state index contributed by atoms with van der Waals surface area (Å²) in [4.78, 5) is 26.5. The molecule has 7 N–H and O–H groups in total. The van der Waals surface area contributed by atoms with Gasteiger partial charge in [0.1, 0.15) is 24.6 Å². The Hall–Kier alpha value is -3.62. The summed E-state index contributed by atoms with van der Waals surface area (Å²) < 4.78 is 7.14. The number of carbonyl (C=O) groups excluding carboxylic acids is 1. The number of nitrogens with zero attached hydrogens (tertiary/aromatic N) is 4. The molecule has 1 aromatic carbocycles. The molecule has 3 aromatic heterocycles. The van der Waals surface area contributed by atoms with Gasteiger partial charge in [0, 0.05) is 23.5 Å². The van der Waals surface area contributed by atoms with Crippen molar-refractivity contribution in [1.29, 1.82) is 0 Å². The molecule has 4 atom stereocenters. The SMILES string of the molecule is Nc1ccc(-c2cccc(C(=O)NCCCCCCNc3ncnc4c3ncn4[C@@H]3O[C@H](CO)[C@@H](O)[C@H]3O)c2)s1. The summed E-state index contributed by atoms with van der Waals surface area (Å²) >= 11 is 1.50. The summed E-state index contributed by atoms with van der Waals surface area (Å²) in [6.07, 6.45) is 2.38. The standard InChI is InChI=1S/C27H33N7O5S/c28-20-9-8-19(40-20)16-6-5-7-17(12-16)26(38)30-11-4-2-1-3-10-29-24-21-25(32-14-31-24)34(15-33-21)27-23(37)22(36)18(13-35)39-27/h5-9,12,14-15,18,22-23,27,35-37H,1-4,10-11,13,28H2,(H,30,38)(H,29,31,32)/t18-,22-,23-,27-/m1/s1. The van der Waals surface area contributed by atoms with E-state index in [2.05, 4.69) is 25.6 Å². The molecule has 4 heterocycles. The number of aliphatic hydroxyl groups is 3. The van der Waals surface area contributed by atoms with Crippen LogP contribution in [0, 0.1) is 0 Å². The zero-order valence-corrected chi connectivity index (χ0v) is 22.6. The molecule has 0 bridgehead atoms. The molecule has 4 aromatic rings. The number of nitrogens with one attached hydrogen (secondary N) is 2. The van der Waals surface area contributed by atoms with Gasteiger partial charge >= 0.3 is 0 Å². The maximum atomic E-state index is 12.6. The van der Waals surface area contributed by atoms with E-state index in [-0.39, 0.29) is 5.91 Å². The number of nitrogens with two attached hydrogens (primary N) is 1. The van der Waals surface area contributed by atoms with E-state index in [9.17, 15) is 20.1 Å². The lowest BCUT2D eigenvalue weighted by Gasteiger charge is -2.16. The number of hydrogen-bond donors (Lipinski definition) is 6. The third-order valence-corrected chi connectivity index (χ3v) is 7.83. The molecule has 1 aliphatic heterocycles. The van der Waals surface area contributed by atoms with Crippen LogP contribution >= 0.6 is 11.3 Å². The van der Waals surface area contributed by atoms with Gasteiger partial charge in [-0.2, -0.15) is 0 Å². The third-order valence-electron chi connectivity index (χ3n) is 6.87. The Morgan fingerprint density at radius 3 is 2.62 bits per heavy atom. The summed E-state index contributed by atoms with van der Waals surface area (Å²) in [5, 5.41) is 36.8. The van der Waals surface area contributed by atoms with E-state index < -0.39 is 31.1 Å². The quantitative estimate of drug-likeness (QED) is 0.139. The van der Waals surface area contributed by atoms with Crippen LogP contribution in [-0.4, -0.2) is 78.8 Å². The first kappa shape index (κ1) is 27.9. The number of unbranched alkanes of at least 4 members (excludes halogenated alkanes) is 3. The number of fused-ring (bicyclic) bond motifs is 1. The number of nitrogen functional groups attached to an aromatic ring is 1. The van der Waals surface area contributed by atoms with E-state index in [0.717, 1.165) is 41.1 Å². The Bertz CT molecular complexity index is 1440. The first-order valence-electron chi connectivity index (χ1n) is 13.2. The van der Waals surface area contributed by atoms with E-state index >= 15 is 0 Å². The number of hydrogen-bond acceptors (Lipinski definition) is 11. The number of carbonyl (C=O) groups is 1. The molecule has 0 unspecified atom stereocenters. The predicted octanol–water partition coefficient (Wildman–Crippen LogP) is 2.15. The lowest BCUT2D eigenvalue weighted by atomic mass is 10.1. The zero-order chi connectivity index (χ0) is 28.1. The van der Waals surface area contributed by atoms with Crippen LogP contribution in [0.3, 0.4) is 0 Å². The number of imidazole rings is 1. The minimum Gasteiger partial charge on any atom is -0.394 e. The summed E-state index contributed by atoms with van der Waals surface area (Å²) in [6, 6.07) is 11.4. The number of aromatic nitrogens is 4. The van der Waals surface area contributed by atoms with Gasteiger partial charge in [-0.25, -0.2) is 15.0 Å². The van der Waals surface area contributed by atoms with Crippen molar-refractivity contribution in [3.8, 4) is 10.4 Å². The van der Waals surface area contributed by atoms with Crippen LogP contribution < -0.4 is 16.4 Å². The van der Waals surface area contributed by atoms with Crippen LogP contribution in [0.5, 0.6) is 0 Å². The van der Waals surface area contributed by atoms with E-state index in [4.69, 9.17) is 10.5 Å².